The number of carbonyl (C=O) groups is 1. The summed E-state index contributed by atoms with van der Waals surface area (Å²) in [6.45, 7) is 1.66. The minimum absolute atomic E-state index is 0.398. The van der Waals surface area contributed by atoms with Crippen molar-refractivity contribution in [1.82, 2.24) is 5.32 Å². The molecule has 6 heteroatoms. The minimum atomic E-state index is -0.934. The maximum Gasteiger partial charge on any atom is 0.347 e. The van der Waals surface area contributed by atoms with Crippen LogP contribution in [-0.2, 0) is 0 Å². The molecule has 0 spiro atoms. The monoisotopic (exact) mass is 165 g/mol. The van der Waals surface area contributed by atoms with Crippen molar-refractivity contribution in [3.63, 3.8) is 0 Å². The largest absolute Gasteiger partial charge is 0.347 e. The fourth-order valence-corrected chi connectivity index (χ4v) is 1.06. The molecule has 0 aliphatic carbocycles. The molecule has 0 saturated carbocycles. The van der Waals surface area contributed by atoms with E-state index in [2.05, 4.69) is 20.3 Å². The van der Waals surface area contributed by atoms with Crippen molar-refractivity contribution >= 4 is 23.9 Å². The van der Waals surface area contributed by atoms with Crippen LogP contribution in [0.25, 0.3) is 0 Å². The van der Waals surface area contributed by atoms with Crippen molar-refractivity contribution < 1.29 is 4.79 Å². The van der Waals surface area contributed by atoms with Crippen molar-refractivity contribution in [3.05, 3.63) is 0 Å². The molecule has 6 nitrogen and oxygen atoms in total. The zero-order chi connectivity index (χ0) is 8.77. The van der Waals surface area contributed by atoms with Crippen LogP contribution in [0, 0.1) is 0 Å². The Morgan fingerprint density at radius 3 is 3.08 bits per heavy atom. The van der Waals surface area contributed by atoms with Crippen LogP contribution in [0.4, 0.5) is 4.79 Å². The van der Waals surface area contributed by atoms with Gasteiger partial charge < -0.3 is 5.73 Å². The van der Waals surface area contributed by atoms with Gasteiger partial charge in [0, 0.05) is 0 Å². The van der Waals surface area contributed by atoms with E-state index in [1.807, 2.05) is 0 Å². The average Bonchev–Trinajstić information content (AvgIpc) is 2.30. The molecule has 3 N–H and O–H groups in total. The summed E-state index contributed by atoms with van der Waals surface area (Å²) < 4.78 is 0. The van der Waals surface area contributed by atoms with Crippen LogP contribution in [0.5, 0.6) is 0 Å². The second-order valence-electron chi connectivity index (χ2n) is 2.76. The van der Waals surface area contributed by atoms with Gasteiger partial charge in [-0.05, 0) is 6.92 Å². The standard InChI is InChI=1S/C6H7N5O/c1-6(7)3-4(8-2-9-6)11-5(12)10-3/h2H,7H2,1H3,(H,8,9,11,12). The van der Waals surface area contributed by atoms with E-state index in [4.69, 9.17) is 5.73 Å². The molecule has 0 aromatic rings. The SMILES string of the molecule is CC1(N)N=CN=C2NC(=O)N=C21. The maximum absolute atomic E-state index is 10.8. The van der Waals surface area contributed by atoms with Gasteiger partial charge in [-0.15, -0.1) is 0 Å². The van der Waals surface area contributed by atoms with E-state index in [0.29, 0.717) is 11.5 Å². The molecule has 2 aliphatic heterocycles. The third-order valence-corrected chi connectivity index (χ3v) is 1.66. The Kier molecular flexibility index (Phi) is 1.17. The lowest BCUT2D eigenvalue weighted by Gasteiger charge is -2.20. The summed E-state index contributed by atoms with van der Waals surface area (Å²) in [5.74, 6) is 0.403. The summed E-state index contributed by atoms with van der Waals surface area (Å²) in [6.07, 6.45) is 1.32. The van der Waals surface area contributed by atoms with Gasteiger partial charge in [0.05, 0.1) is 0 Å². The van der Waals surface area contributed by atoms with Crippen molar-refractivity contribution in [1.29, 1.82) is 0 Å². The van der Waals surface area contributed by atoms with Gasteiger partial charge in [0.2, 0.25) is 0 Å². The van der Waals surface area contributed by atoms with Crippen LogP contribution in [0.15, 0.2) is 15.0 Å². The molecule has 0 fully saturated rings. The highest BCUT2D eigenvalue weighted by Gasteiger charge is 2.36. The van der Waals surface area contributed by atoms with Gasteiger partial charge in [-0.1, -0.05) is 0 Å². The Morgan fingerprint density at radius 2 is 2.42 bits per heavy atom. The lowest BCUT2D eigenvalue weighted by molar-refractivity contribution is 0.254. The van der Waals surface area contributed by atoms with Crippen LogP contribution >= 0.6 is 0 Å². The fraction of sp³-hybridized carbons (Fsp3) is 0.333. The normalized spacial score (nSPS) is 32.3. The highest BCUT2D eigenvalue weighted by molar-refractivity contribution is 6.52. The molecule has 1 atom stereocenters. The van der Waals surface area contributed by atoms with Gasteiger partial charge in [-0.3, -0.25) is 5.32 Å². The highest BCUT2D eigenvalue weighted by atomic mass is 16.2. The first-order chi connectivity index (χ1) is 5.59. The zero-order valence-electron chi connectivity index (χ0n) is 6.40. The topological polar surface area (TPSA) is 92.2 Å². The predicted molar refractivity (Wildman–Crippen MR) is 44.5 cm³/mol. The summed E-state index contributed by atoms with van der Waals surface area (Å²) in [4.78, 5) is 22.2. The van der Waals surface area contributed by atoms with Crippen LogP contribution in [0.3, 0.4) is 0 Å². The van der Waals surface area contributed by atoms with Crippen molar-refractivity contribution in [2.75, 3.05) is 0 Å². The zero-order valence-corrected chi connectivity index (χ0v) is 6.40. The molecule has 2 amide bonds. The summed E-state index contributed by atoms with van der Waals surface area (Å²) in [7, 11) is 0. The van der Waals surface area contributed by atoms with E-state index in [0.717, 1.165) is 0 Å². The van der Waals surface area contributed by atoms with E-state index in [9.17, 15) is 4.79 Å². The van der Waals surface area contributed by atoms with Crippen LogP contribution < -0.4 is 11.1 Å². The van der Waals surface area contributed by atoms with E-state index in [-0.39, 0.29) is 0 Å². The summed E-state index contributed by atoms with van der Waals surface area (Å²) in [5, 5.41) is 2.45. The molecular weight excluding hydrogens is 158 g/mol. The molecule has 2 aliphatic rings. The maximum atomic E-state index is 10.8. The van der Waals surface area contributed by atoms with E-state index >= 15 is 0 Å². The molecule has 0 bridgehead atoms. The Balaban J connectivity index is 2.51. The molecular formula is C6H7N5O. The molecule has 2 heterocycles. The molecule has 12 heavy (non-hydrogen) atoms. The number of amidine groups is 1. The number of amides is 2. The van der Waals surface area contributed by atoms with E-state index in [1.165, 1.54) is 6.34 Å². The van der Waals surface area contributed by atoms with Gasteiger partial charge in [-0.25, -0.2) is 14.8 Å². The third kappa shape index (κ3) is 0.850. The fourth-order valence-electron chi connectivity index (χ4n) is 1.06. The van der Waals surface area contributed by atoms with Gasteiger partial charge in [-0.2, -0.15) is 4.99 Å². The number of hydrogen-bond acceptors (Lipinski definition) is 4. The first-order valence-electron chi connectivity index (χ1n) is 3.40. The summed E-state index contributed by atoms with van der Waals surface area (Å²) in [6, 6.07) is -0.439. The first kappa shape index (κ1) is 7.11. The van der Waals surface area contributed by atoms with Crippen molar-refractivity contribution in [2.45, 2.75) is 12.6 Å². The van der Waals surface area contributed by atoms with Crippen molar-refractivity contribution in [2.24, 2.45) is 20.7 Å². The summed E-state index contributed by atoms with van der Waals surface area (Å²) in [5.41, 5.74) is 5.19. The number of nitrogens with zero attached hydrogens (tertiary/aromatic N) is 3. The quantitative estimate of drug-likeness (QED) is 0.495. The number of urea groups is 1. The Hall–Kier alpha value is -1.56. The first-order valence-corrected chi connectivity index (χ1v) is 3.40. The summed E-state index contributed by atoms with van der Waals surface area (Å²) >= 11 is 0. The van der Waals surface area contributed by atoms with Crippen LogP contribution in [0.2, 0.25) is 0 Å². The van der Waals surface area contributed by atoms with Gasteiger partial charge >= 0.3 is 6.03 Å². The highest BCUT2D eigenvalue weighted by Crippen LogP contribution is 2.12. The Bertz CT molecular complexity index is 338. The molecule has 0 saturated heterocycles. The molecule has 2 rings (SSSR count). The molecule has 0 radical (unpaired) electrons. The number of fused-ring (bicyclic) bond motifs is 1. The second kappa shape index (κ2) is 1.98. The third-order valence-electron chi connectivity index (χ3n) is 1.66. The second-order valence-corrected chi connectivity index (χ2v) is 2.76. The number of rotatable bonds is 0. The lowest BCUT2D eigenvalue weighted by atomic mass is 10.1. The minimum Gasteiger partial charge on any atom is -0.302 e. The number of nitrogens with one attached hydrogen (secondary N) is 1. The predicted octanol–water partition coefficient (Wildman–Crippen LogP) is -0.734. The molecule has 1 unspecified atom stereocenters. The van der Waals surface area contributed by atoms with E-state index in [1.54, 1.807) is 6.92 Å². The van der Waals surface area contributed by atoms with Crippen LogP contribution in [0.1, 0.15) is 6.92 Å². The number of carbonyl (C=O) groups excluding carboxylic acids is 1. The van der Waals surface area contributed by atoms with Crippen molar-refractivity contribution in [3.8, 4) is 0 Å². The van der Waals surface area contributed by atoms with Gasteiger partial charge in [0.15, 0.2) is 11.5 Å². The molecule has 0 aromatic carbocycles. The molecule has 0 aromatic heterocycles. The lowest BCUT2D eigenvalue weighted by Crippen LogP contribution is -2.49. The molecule has 62 valence electrons. The van der Waals surface area contributed by atoms with Gasteiger partial charge in [0.25, 0.3) is 0 Å². The number of hydrogen-bond donors (Lipinski definition) is 2. The van der Waals surface area contributed by atoms with Gasteiger partial charge in [0.1, 0.15) is 12.1 Å². The number of aliphatic imine (C=N–C) groups is 3. The Labute approximate surface area is 68.3 Å². The Morgan fingerprint density at radius 1 is 1.67 bits per heavy atom. The van der Waals surface area contributed by atoms with Crippen LogP contribution in [-0.4, -0.2) is 29.6 Å². The smallest absolute Gasteiger partial charge is 0.302 e. The van der Waals surface area contributed by atoms with E-state index < -0.39 is 11.7 Å². The average molecular weight is 165 g/mol. The number of nitrogens with two attached hydrogens (primary N) is 1.